The van der Waals surface area contributed by atoms with Gasteiger partial charge in [-0.1, -0.05) is 61.5 Å². The summed E-state index contributed by atoms with van der Waals surface area (Å²) in [6, 6.07) is 5.76. The zero-order valence-corrected chi connectivity index (χ0v) is 25.9. The van der Waals surface area contributed by atoms with E-state index >= 15 is 0 Å². The predicted octanol–water partition coefficient (Wildman–Crippen LogP) is 7.05. The molecular weight excluding hydrogens is 468 g/mol. The molecule has 1 atom stereocenters. The Morgan fingerprint density at radius 3 is 1.78 bits per heavy atom. The van der Waals surface area contributed by atoms with E-state index in [9.17, 15) is 8.42 Å². The van der Waals surface area contributed by atoms with Crippen molar-refractivity contribution in [3.05, 3.63) is 29.3 Å². The molecule has 0 radical (unpaired) electrons. The molecular formula is C30H52N2O3S. The second-order valence-corrected chi connectivity index (χ2v) is 17.3. The van der Waals surface area contributed by atoms with E-state index in [0.717, 1.165) is 30.4 Å². The van der Waals surface area contributed by atoms with Crippen LogP contribution in [0, 0.1) is 5.41 Å². The second kappa shape index (κ2) is 9.36. The van der Waals surface area contributed by atoms with Crippen LogP contribution in [0.4, 0.5) is 0 Å². The Balaban J connectivity index is 1.98. The Bertz CT molecular complexity index is 1010. The maximum Gasteiger partial charge on any atom is 0.243 e. The van der Waals surface area contributed by atoms with E-state index < -0.39 is 10.0 Å². The van der Waals surface area contributed by atoms with Crippen molar-refractivity contribution in [1.29, 1.82) is 0 Å². The third kappa shape index (κ3) is 6.19. The molecule has 2 saturated heterocycles. The van der Waals surface area contributed by atoms with Crippen molar-refractivity contribution in [2.45, 2.75) is 142 Å². The van der Waals surface area contributed by atoms with Crippen molar-refractivity contribution in [2.75, 3.05) is 13.2 Å². The van der Waals surface area contributed by atoms with E-state index in [2.05, 4.69) is 94.2 Å². The van der Waals surface area contributed by atoms with Crippen LogP contribution in [0.2, 0.25) is 0 Å². The van der Waals surface area contributed by atoms with Crippen molar-refractivity contribution in [3.8, 4) is 0 Å². The number of benzene rings is 1. The van der Waals surface area contributed by atoms with Gasteiger partial charge in [0.25, 0.3) is 0 Å². The topological polar surface area (TPSA) is 49.9 Å². The number of rotatable bonds is 5. The molecule has 0 unspecified atom stereocenters. The van der Waals surface area contributed by atoms with Crippen LogP contribution in [0.3, 0.4) is 0 Å². The number of hydroxylamine groups is 2. The van der Waals surface area contributed by atoms with Crippen LogP contribution in [-0.4, -0.2) is 48.1 Å². The van der Waals surface area contributed by atoms with Crippen molar-refractivity contribution in [3.63, 3.8) is 0 Å². The van der Waals surface area contributed by atoms with Gasteiger partial charge in [-0.25, -0.2) is 8.42 Å². The maximum absolute atomic E-state index is 14.3. The fourth-order valence-corrected chi connectivity index (χ4v) is 7.88. The summed E-state index contributed by atoms with van der Waals surface area (Å²) in [5.74, 6) is 0. The van der Waals surface area contributed by atoms with Gasteiger partial charge in [0.15, 0.2) is 0 Å². The lowest BCUT2D eigenvalue weighted by atomic mass is 9.81. The summed E-state index contributed by atoms with van der Waals surface area (Å²) in [5, 5.41) is 2.15. The lowest BCUT2D eigenvalue weighted by Gasteiger charge is -2.51. The first kappa shape index (κ1) is 29.6. The highest BCUT2D eigenvalue weighted by Crippen LogP contribution is 2.42. The van der Waals surface area contributed by atoms with Crippen LogP contribution in [0.25, 0.3) is 0 Å². The largest absolute Gasteiger partial charge is 0.296 e. The minimum atomic E-state index is -3.70. The molecule has 2 aliphatic heterocycles. The Morgan fingerprint density at radius 1 is 0.861 bits per heavy atom. The molecule has 0 aromatic heterocycles. The summed E-state index contributed by atoms with van der Waals surface area (Å²) in [4.78, 5) is 6.94. The molecule has 1 aromatic carbocycles. The van der Waals surface area contributed by atoms with Crippen LogP contribution in [0.15, 0.2) is 23.1 Å². The lowest BCUT2D eigenvalue weighted by molar-refractivity contribution is -0.284. The van der Waals surface area contributed by atoms with Gasteiger partial charge in [-0.2, -0.15) is 9.37 Å². The van der Waals surface area contributed by atoms with E-state index in [1.165, 1.54) is 6.42 Å². The highest BCUT2D eigenvalue weighted by Gasteiger charge is 2.47. The van der Waals surface area contributed by atoms with Crippen LogP contribution < -0.4 is 0 Å². The summed E-state index contributed by atoms with van der Waals surface area (Å²) >= 11 is 0. The van der Waals surface area contributed by atoms with Gasteiger partial charge in [0.2, 0.25) is 10.0 Å². The van der Waals surface area contributed by atoms with Gasteiger partial charge in [-0.05, 0) is 92.9 Å². The zero-order valence-electron chi connectivity index (χ0n) is 25.1. The van der Waals surface area contributed by atoms with E-state index in [0.29, 0.717) is 18.0 Å². The van der Waals surface area contributed by atoms with Gasteiger partial charge in [-0.15, -0.1) is 0 Å². The first-order valence-corrected chi connectivity index (χ1v) is 15.1. The van der Waals surface area contributed by atoms with Gasteiger partial charge in [0, 0.05) is 17.6 Å². The number of sulfonamides is 1. The fraction of sp³-hybridized carbons (Fsp3) is 0.800. The van der Waals surface area contributed by atoms with E-state index in [-0.39, 0.29) is 33.4 Å². The van der Waals surface area contributed by atoms with Gasteiger partial charge in [0.1, 0.15) is 0 Å². The molecule has 6 heteroatoms. The Kier molecular flexibility index (Phi) is 7.69. The number of nitrogens with zero attached hydrogens (tertiary/aromatic N) is 2. The summed E-state index contributed by atoms with van der Waals surface area (Å²) in [6.07, 6.45) is 4.11. The summed E-state index contributed by atoms with van der Waals surface area (Å²) < 4.78 is 30.2. The third-order valence-corrected chi connectivity index (χ3v) is 9.97. The molecule has 206 valence electrons. The van der Waals surface area contributed by atoms with Gasteiger partial charge in [-0.3, -0.25) is 4.84 Å². The standard InChI is InChI=1S/C30H52N2O3S/c1-26(2,3)22-16-23(27(4,5)6)18-25(17-22)36(33,34)31-21-28(7,8)19-24(31)20-35-32-29(9,10)14-13-15-30(32,11)12/h16-18,24H,13-15,19-21H2,1-12H3/t24-/m0/s1. The SMILES string of the molecule is CC1(C)C[C@@H](CON2C(C)(C)CCCC2(C)C)N(S(=O)(=O)c2cc(C(C)(C)C)cc(C(C)(C)C)c2)C1. The van der Waals surface area contributed by atoms with Crippen molar-refractivity contribution < 1.29 is 13.3 Å². The second-order valence-electron chi connectivity index (χ2n) is 15.4. The van der Waals surface area contributed by atoms with Crippen molar-refractivity contribution in [1.82, 2.24) is 9.37 Å². The van der Waals surface area contributed by atoms with E-state index in [1.807, 2.05) is 12.1 Å². The summed E-state index contributed by atoms with van der Waals surface area (Å²) in [6.45, 7) is 27.0. The Morgan fingerprint density at radius 2 is 1.33 bits per heavy atom. The van der Waals surface area contributed by atoms with Crippen LogP contribution in [0.1, 0.15) is 120 Å². The number of piperidine rings is 1. The van der Waals surface area contributed by atoms with Crippen LogP contribution in [0.5, 0.6) is 0 Å². The quantitative estimate of drug-likeness (QED) is 0.418. The predicted molar refractivity (Wildman–Crippen MR) is 150 cm³/mol. The first-order chi connectivity index (χ1) is 16.1. The summed E-state index contributed by atoms with van der Waals surface area (Å²) in [5.41, 5.74) is 1.54. The molecule has 2 fully saturated rings. The molecule has 3 rings (SSSR count). The number of hydrogen-bond donors (Lipinski definition) is 0. The molecule has 0 bridgehead atoms. The number of hydrogen-bond acceptors (Lipinski definition) is 4. The lowest BCUT2D eigenvalue weighted by Crippen LogP contribution is -2.59. The summed E-state index contributed by atoms with van der Waals surface area (Å²) in [7, 11) is -3.70. The molecule has 0 spiro atoms. The van der Waals surface area contributed by atoms with Crippen molar-refractivity contribution >= 4 is 10.0 Å². The molecule has 0 aliphatic carbocycles. The maximum atomic E-state index is 14.3. The van der Waals surface area contributed by atoms with Crippen LogP contribution >= 0.6 is 0 Å². The van der Waals surface area contributed by atoms with Gasteiger partial charge < -0.3 is 0 Å². The fourth-order valence-electron chi connectivity index (χ4n) is 6.01. The zero-order chi connectivity index (χ0) is 27.5. The molecule has 0 N–H and O–H groups in total. The normalized spacial score (nSPS) is 25.3. The molecule has 2 heterocycles. The van der Waals surface area contributed by atoms with E-state index in [4.69, 9.17) is 4.84 Å². The molecule has 5 nitrogen and oxygen atoms in total. The molecule has 0 amide bonds. The van der Waals surface area contributed by atoms with Crippen LogP contribution in [-0.2, 0) is 25.7 Å². The highest BCUT2D eigenvalue weighted by atomic mass is 32.2. The average Bonchev–Trinajstić information content (AvgIpc) is 3.00. The van der Waals surface area contributed by atoms with E-state index in [1.54, 1.807) is 4.31 Å². The molecule has 1 aromatic rings. The molecule has 2 aliphatic rings. The monoisotopic (exact) mass is 520 g/mol. The molecule has 0 saturated carbocycles. The average molecular weight is 521 g/mol. The van der Waals surface area contributed by atoms with Gasteiger partial charge >= 0.3 is 0 Å². The minimum Gasteiger partial charge on any atom is -0.296 e. The molecule has 36 heavy (non-hydrogen) atoms. The third-order valence-electron chi connectivity index (χ3n) is 8.10. The minimum absolute atomic E-state index is 0.0811. The first-order valence-electron chi connectivity index (χ1n) is 13.7. The van der Waals surface area contributed by atoms with Crippen molar-refractivity contribution in [2.24, 2.45) is 5.41 Å². The smallest absolute Gasteiger partial charge is 0.243 e. The Hall–Kier alpha value is -0.950. The highest BCUT2D eigenvalue weighted by molar-refractivity contribution is 7.89. The Labute approximate surface area is 222 Å². The van der Waals surface area contributed by atoms with Gasteiger partial charge in [0.05, 0.1) is 17.5 Å².